The van der Waals surface area contributed by atoms with Gasteiger partial charge in [-0.2, -0.15) is 5.10 Å². The van der Waals surface area contributed by atoms with Gasteiger partial charge in [0.1, 0.15) is 11.9 Å². The molecule has 0 unspecified atom stereocenters. The second-order valence-corrected chi connectivity index (χ2v) is 7.66. The van der Waals surface area contributed by atoms with Crippen LogP contribution in [-0.2, 0) is 17.9 Å². The number of hydrogen-bond donors (Lipinski definition) is 0. The third-order valence-electron chi connectivity index (χ3n) is 5.62. The van der Waals surface area contributed by atoms with Crippen LogP contribution in [0.5, 0.6) is 0 Å². The summed E-state index contributed by atoms with van der Waals surface area (Å²) in [5.41, 5.74) is 2.97. The Kier molecular flexibility index (Phi) is 5.25. The van der Waals surface area contributed by atoms with E-state index in [2.05, 4.69) is 16.1 Å². The highest BCUT2D eigenvalue weighted by molar-refractivity contribution is 5.83. The highest BCUT2D eigenvalue weighted by Crippen LogP contribution is 2.28. The molecule has 6 heteroatoms. The molecular formula is C21H27FN4O. The van der Waals surface area contributed by atoms with Crippen molar-refractivity contribution in [2.24, 2.45) is 0 Å². The van der Waals surface area contributed by atoms with Gasteiger partial charge in [-0.15, -0.1) is 0 Å². The molecule has 1 amide bonds. The summed E-state index contributed by atoms with van der Waals surface area (Å²) in [7, 11) is 0. The van der Waals surface area contributed by atoms with Crippen LogP contribution in [-0.4, -0.2) is 45.1 Å². The summed E-state index contributed by atoms with van der Waals surface area (Å²) < 4.78 is 15.5. The van der Waals surface area contributed by atoms with E-state index in [-0.39, 0.29) is 17.8 Å². The van der Waals surface area contributed by atoms with E-state index < -0.39 is 0 Å². The Morgan fingerprint density at radius 2 is 1.78 bits per heavy atom. The van der Waals surface area contributed by atoms with Gasteiger partial charge in [0.05, 0.1) is 17.9 Å². The first-order valence-electron chi connectivity index (χ1n) is 9.93. The molecule has 3 heterocycles. The van der Waals surface area contributed by atoms with E-state index in [1.165, 1.54) is 18.6 Å². The molecule has 5 nitrogen and oxygen atoms in total. The molecule has 0 saturated carbocycles. The van der Waals surface area contributed by atoms with Crippen LogP contribution in [0.25, 0.3) is 0 Å². The minimum absolute atomic E-state index is 0.121. The summed E-state index contributed by atoms with van der Waals surface area (Å²) in [6.07, 6.45) is 4.33. The molecule has 2 aliphatic heterocycles. The van der Waals surface area contributed by atoms with Crippen molar-refractivity contribution in [2.45, 2.75) is 51.7 Å². The molecule has 1 aromatic carbocycles. The zero-order valence-electron chi connectivity index (χ0n) is 15.9. The maximum Gasteiger partial charge on any atom is 0.244 e. The number of benzene rings is 1. The fourth-order valence-electron chi connectivity index (χ4n) is 4.30. The van der Waals surface area contributed by atoms with Gasteiger partial charge in [-0.1, -0.05) is 18.6 Å². The minimum atomic E-state index is -0.332. The van der Waals surface area contributed by atoms with Gasteiger partial charge in [0.25, 0.3) is 0 Å². The van der Waals surface area contributed by atoms with Crippen molar-refractivity contribution >= 4 is 5.91 Å². The Balaban J connectivity index is 1.62. The van der Waals surface area contributed by atoms with Gasteiger partial charge < -0.3 is 4.90 Å². The average Bonchev–Trinajstić information content (AvgIpc) is 2.91. The maximum atomic E-state index is 13.6. The number of rotatable bonds is 3. The lowest BCUT2D eigenvalue weighted by Crippen LogP contribution is -2.44. The quantitative estimate of drug-likeness (QED) is 0.833. The SMILES string of the molecule is Cc1cc2n(n1)CCCN(C(=O)[C@H](c1ccc(F)cc1)N1CCCCC1)C2. The molecule has 144 valence electrons. The van der Waals surface area contributed by atoms with E-state index >= 15 is 0 Å². The minimum Gasteiger partial charge on any atom is -0.335 e. The van der Waals surface area contributed by atoms with Crippen LogP contribution in [0.15, 0.2) is 30.3 Å². The number of carbonyl (C=O) groups excluding carboxylic acids is 1. The summed E-state index contributed by atoms with van der Waals surface area (Å²) in [5, 5.41) is 4.53. The van der Waals surface area contributed by atoms with E-state index in [0.717, 1.165) is 62.4 Å². The van der Waals surface area contributed by atoms with Crippen molar-refractivity contribution in [1.82, 2.24) is 19.6 Å². The third kappa shape index (κ3) is 3.90. The molecular weight excluding hydrogens is 343 g/mol. The Hall–Kier alpha value is -2.21. The standard InChI is InChI=1S/C21H27FN4O/c1-16-14-19-15-25(12-5-13-26(19)23-16)21(27)20(24-10-3-2-4-11-24)17-6-8-18(22)9-7-17/h6-9,14,20H,2-5,10-13,15H2,1H3/t20-/m0/s1. The number of amides is 1. The number of aromatic nitrogens is 2. The normalized spacial score (nSPS) is 19.4. The lowest BCUT2D eigenvalue weighted by atomic mass is 10.00. The first kappa shape index (κ1) is 18.2. The smallest absolute Gasteiger partial charge is 0.244 e. The number of piperidine rings is 1. The van der Waals surface area contributed by atoms with Crippen LogP contribution >= 0.6 is 0 Å². The van der Waals surface area contributed by atoms with Crippen LogP contribution in [0.4, 0.5) is 4.39 Å². The van der Waals surface area contributed by atoms with E-state index in [0.29, 0.717) is 6.54 Å². The summed E-state index contributed by atoms with van der Waals surface area (Å²) in [5.74, 6) is -0.145. The van der Waals surface area contributed by atoms with E-state index in [1.54, 1.807) is 12.1 Å². The van der Waals surface area contributed by atoms with E-state index in [1.807, 2.05) is 16.5 Å². The molecule has 2 aliphatic rings. The molecule has 1 saturated heterocycles. The molecule has 1 aromatic heterocycles. The predicted molar refractivity (Wildman–Crippen MR) is 102 cm³/mol. The van der Waals surface area contributed by atoms with E-state index in [4.69, 9.17) is 0 Å². The Bertz CT molecular complexity index is 795. The molecule has 0 N–H and O–H groups in total. The molecule has 0 spiro atoms. The topological polar surface area (TPSA) is 41.4 Å². The van der Waals surface area contributed by atoms with Crippen molar-refractivity contribution < 1.29 is 9.18 Å². The Morgan fingerprint density at radius 1 is 1.04 bits per heavy atom. The van der Waals surface area contributed by atoms with Crippen LogP contribution in [0.1, 0.15) is 48.7 Å². The highest BCUT2D eigenvalue weighted by Gasteiger charge is 2.33. The monoisotopic (exact) mass is 370 g/mol. The second kappa shape index (κ2) is 7.80. The molecule has 4 rings (SSSR count). The van der Waals surface area contributed by atoms with Gasteiger partial charge in [0, 0.05) is 13.1 Å². The fourth-order valence-corrected chi connectivity index (χ4v) is 4.30. The molecule has 2 aromatic rings. The largest absolute Gasteiger partial charge is 0.335 e. The molecule has 0 bridgehead atoms. The summed E-state index contributed by atoms with van der Waals surface area (Å²) in [6.45, 7) is 5.98. The first-order valence-corrected chi connectivity index (χ1v) is 9.93. The highest BCUT2D eigenvalue weighted by atomic mass is 19.1. The molecule has 0 radical (unpaired) electrons. The Labute approximate surface area is 159 Å². The first-order chi connectivity index (χ1) is 13.1. The van der Waals surface area contributed by atoms with Crippen molar-refractivity contribution in [3.05, 3.63) is 53.1 Å². The van der Waals surface area contributed by atoms with Crippen molar-refractivity contribution in [3.63, 3.8) is 0 Å². The number of hydrogen-bond acceptors (Lipinski definition) is 3. The molecule has 27 heavy (non-hydrogen) atoms. The predicted octanol–water partition coefficient (Wildman–Crippen LogP) is 3.29. The zero-order chi connectivity index (χ0) is 18.8. The summed E-state index contributed by atoms with van der Waals surface area (Å²) >= 11 is 0. The van der Waals surface area contributed by atoms with Crippen molar-refractivity contribution in [3.8, 4) is 0 Å². The molecule has 1 fully saturated rings. The van der Waals surface area contributed by atoms with Crippen LogP contribution in [0.2, 0.25) is 0 Å². The Morgan fingerprint density at radius 3 is 2.52 bits per heavy atom. The van der Waals surface area contributed by atoms with Gasteiger partial charge in [-0.3, -0.25) is 14.4 Å². The second-order valence-electron chi connectivity index (χ2n) is 7.66. The van der Waals surface area contributed by atoms with Gasteiger partial charge in [0.15, 0.2) is 0 Å². The van der Waals surface area contributed by atoms with Crippen LogP contribution < -0.4 is 0 Å². The fraction of sp³-hybridized carbons (Fsp3) is 0.524. The summed E-state index contributed by atoms with van der Waals surface area (Å²) in [4.78, 5) is 17.8. The van der Waals surface area contributed by atoms with Crippen LogP contribution in [0, 0.1) is 12.7 Å². The average molecular weight is 370 g/mol. The van der Waals surface area contributed by atoms with Crippen molar-refractivity contribution in [1.29, 1.82) is 0 Å². The van der Waals surface area contributed by atoms with Gasteiger partial charge in [-0.25, -0.2) is 4.39 Å². The number of nitrogens with zero attached hydrogens (tertiary/aromatic N) is 4. The number of likely N-dealkylation sites (tertiary alicyclic amines) is 1. The molecule has 1 atom stereocenters. The zero-order valence-corrected chi connectivity index (χ0v) is 15.9. The number of fused-ring (bicyclic) bond motifs is 1. The number of carbonyl (C=O) groups is 1. The lowest BCUT2D eigenvalue weighted by molar-refractivity contribution is -0.138. The third-order valence-corrected chi connectivity index (χ3v) is 5.62. The van der Waals surface area contributed by atoms with Crippen LogP contribution in [0.3, 0.4) is 0 Å². The summed E-state index contributed by atoms with van der Waals surface area (Å²) in [6, 6.07) is 8.18. The number of halogens is 1. The van der Waals surface area contributed by atoms with Gasteiger partial charge in [-0.05, 0) is 63.0 Å². The lowest BCUT2D eigenvalue weighted by Gasteiger charge is -2.36. The van der Waals surface area contributed by atoms with Gasteiger partial charge in [0.2, 0.25) is 5.91 Å². The molecule has 0 aliphatic carbocycles. The van der Waals surface area contributed by atoms with Crippen molar-refractivity contribution in [2.75, 3.05) is 19.6 Å². The van der Waals surface area contributed by atoms with Gasteiger partial charge >= 0.3 is 0 Å². The maximum absolute atomic E-state index is 13.6. The number of aryl methyl sites for hydroxylation is 2. The van der Waals surface area contributed by atoms with E-state index in [9.17, 15) is 9.18 Å².